The number of carbonyl (C=O) groups is 1. The quantitative estimate of drug-likeness (QED) is 0.0561. The molecule has 256 valence electrons. The summed E-state index contributed by atoms with van der Waals surface area (Å²) in [5, 5.41) is 2.80. The Balaban J connectivity index is 1.43. The third-order valence-electron chi connectivity index (χ3n) is 8.16. The number of unbranched alkanes of at least 4 members (excludes halogenated alkanes) is 15. The van der Waals surface area contributed by atoms with Crippen LogP contribution in [0.1, 0.15) is 126 Å². The fourth-order valence-electron chi connectivity index (χ4n) is 5.05. The van der Waals surface area contributed by atoms with Crippen LogP contribution in [0.3, 0.4) is 0 Å². The van der Waals surface area contributed by atoms with E-state index in [0.717, 1.165) is 24.9 Å². The number of benzene rings is 1. The van der Waals surface area contributed by atoms with Crippen LogP contribution in [0.15, 0.2) is 29.8 Å². The molecule has 0 spiro atoms. The van der Waals surface area contributed by atoms with E-state index >= 15 is 0 Å². The second-order valence-corrected chi connectivity index (χ2v) is 13.9. The van der Waals surface area contributed by atoms with Crippen molar-refractivity contribution in [3.05, 3.63) is 45.9 Å². The molecule has 1 heterocycles. The fourth-order valence-corrected chi connectivity index (χ4v) is 6.50. The van der Waals surface area contributed by atoms with Crippen LogP contribution in [-0.2, 0) is 20.5 Å². The Labute approximate surface area is 278 Å². The van der Waals surface area contributed by atoms with Crippen molar-refractivity contribution in [1.29, 1.82) is 0 Å². The minimum Gasteiger partial charge on any atom is -0.447 e. The predicted molar refractivity (Wildman–Crippen MR) is 185 cm³/mol. The molecule has 0 bridgehead atoms. The smallest absolute Gasteiger partial charge is 0.407 e. The number of aromatic nitrogens is 1. The number of alkyl carbamates (subject to hydrolysis) is 1. The van der Waals surface area contributed by atoms with Crippen molar-refractivity contribution < 1.29 is 32.8 Å². The largest absolute Gasteiger partial charge is 0.447 e. The first-order valence-corrected chi connectivity index (χ1v) is 19.2. The van der Waals surface area contributed by atoms with Crippen LogP contribution in [-0.4, -0.2) is 44.0 Å². The highest BCUT2D eigenvalue weighted by Gasteiger charge is 2.17. The lowest BCUT2D eigenvalue weighted by Gasteiger charge is -2.18. The van der Waals surface area contributed by atoms with E-state index in [1.165, 1.54) is 108 Å². The van der Waals surface area contributed by atoms with Crippen molar-refractivity contribution in [2.24, 2.45) is 0 Å². The summed E-state index contributed by atoms with van der Waals surface area (Å²) in [6.07, 6.45) is 20.2. The van der Waals surface area contributed by atoms with Crippen molar-refractivity contribution in [3.8, 4) is 5.75 Å². The number of methoxy groups -OCH3 is 1. The lowest BCUT2D eigenvalue weighted by atomic mass is 10.0. The zero-order valence-electron chi connectivity index (χ0n) is 28.4. The molecule has 8 nitrogen and oxygen atoms in total. The van der Waals surface area contributed by atoms with E-state index in [1.54, 1.807) is 11.3 Å². The summed E-state index contributed by atoms with van der Waals surface area (Å²) in [5.41, 5.74) is 4.52. The van der Waals surface area contributed by atoms with E-state index < -0.39 is 20.8 Å². The predicted octanol–water partition coefficient (Wildman–Crippen LogP) is 9.32. The van der Waals surface area contributed by atoms with Gasteiger partial charge in [0.25, 0.3) is 0 Å². The van der Waals surface area contributed by atoms with Crippen molar-refractivity contribution in [1.82, 2.24) is 5.32 Å². The average Bonchev–Trinajstić information content (AvgIpc) is 3.35. The van der Waals surface area contributed by atoms with Crippen molar-refractivity contribution in [3.63, 3.8) is 0 Å². The molecule has 2 rings (SSSR count). The van der Waals surface area contributed by atoms with Crippen molar-refractivity contribution in [2.75, 3.05) is 26.9 Å². The summed E-state index contributed by atoms with van der Waals surface area (Å²) in [6, 6.07) is 7.59. The van der Waals surface area contributed by atoms with Gasteiger partial charge in [-0.25, -0.2) is 4.79 Å². The molecule has 0 aliphatic carbocycles. The van der Waals surface area contributed by atoms with Gasteiger partial charge in [0.05, 0.1) is 11.5 Å². The van der Waals surface area contributed by atoms with Crippen LogP contribution in [0.5, 0.6) is 5.75 Å². The minimum absolute atomic E-state index is 0.0261. The lowest BCUT2D eigenvalue weighted by Crippen LogP contribution is -2.34. The van der Waals surface area contributed by atoms with Crippen LogP contribution in [0.25, 0.3) is 0 Å². The Bertz CT molecular complexity index is 1020. The number of nitrogens with one attached hydrogen (secondary N) is 1. The molecule has 1 aromatic heterocycles. The Morgan fingerprint density at radius 3 is 1.93 bits per heavy atom. The molecule has 2 atom stereocenters. The highest BCUT2D eigenvalue weighted by atomic mass is 32.1. The molecular formula is C35H60N2O6PS+. The number of hydrogen-bond donors (Lipinski definition) is 2. The van der Waals surface area contributed by atoms with Gasteiger partial charge >= 0.3 is 14.7 Å². The van der Waals surface area contributed by atoms with Gasteiger partial charge in [-0.15, -0.1) is 0 Å². The minimum atomic E-state index is -2.15. The fraction of sp³-hybridized carbons (Fsp3) is 0.714. The van der Waals surface area contributed by atoms with E-state index in [9.17, 15) is 9.69 Å². The topological polar surface area (TPSA) is 90.1 Å². The van der Waals surface area contributed by atoms with Crippen molar-refractivity contribution >= 4 is 26.0 Å². The van der Waals surface area contributed by atoms with Gasteiger partial charge in [0.2, 0.25) is 5.51 Å². The van der Waals surface area contributed by atoms with E-state index in [1.807, 2.05) is 24.3 Å². The Hall–Kier alpha value is -1.77. The van der Waals surface area contributed by atoms with E-state index in [-0.39, 0.29) is 13.2 Å². The average molecular weight is 668 g/mol. The first kappa shape index (κ1) is 39.4. The summed E-state index contributed by atoms with van der Waals surface area (Å²) in [5.74, 6) is 0.522. The number of hydrogen-bond acceptors (Lipinski definition) is 7. The van der Waals surface area contributed by atoms with Crippen LogP contribution in [0, 0.1) is 13.8 Å². The standard InChI is InChI=1S/C35H59N2O6PS/c1-5-6-7-8-9-10-11-12-13-14-15-16-17-18-19-20-25-36-35(38)41-27-34(40-4)28-42-44(39)43-33-23-21-32(22-24-33)26-37-29-45-31(3)30(37)2/h21-24,29,34,39H,5-20,25-28H2,1-4H3/p+1. The highest BCUT2D eigenvalue weighted by Crippen LogP contribution is 2.35. The van der Waals surface area contributed by atoms with E-state index in [4.69, 9.17) is 18.5 Å². The van der Waals surface area contributed by atoms with E-state index in [2.05, 4.69) is 36.2 Å². The first-order valence-electron chi connectivity index (χ1n) is 17.2. The van der Waals surface area contributed by atoms with Crippen LogP contribution in [0.4, 0.5) is 4.79 Å². The van der Waals surface area contributed by atoms with Gasteiger partial charge in [-0.1, -0.05) is 115 Å². The number of rotatable bonds is 27. The molecule has 45 heavy (non-hydrogen) atoms. The SMILES string of the molecule is CCCCCCCCCCCCCCCCCCNC(=O)OCC(COP(O)Oc1ccc(C[n+]2csc(C)c2C)cc1)OC. The second-order valence-electron chi connectivity index (χ2n) is 11.9. The van der Waals surface area contributed by atoms with Crippen LogP contribution in [0.2, 0.25) is 0 Å². The van der Waals surface area contributed by atoms with Crippen LogP contribution < -0.4 is 14.4 Å². The monoisotopic (exact) mass is 667 g/mol. The zero-order valence-corrected chi connectivity index (χ0v) is 30.1. The second kappa shape index (κ2) is 25.3. The molecule has 0 saturated heterocycles. The summed E-state index contributed by atoms with van der Waals surface area (Å²) >= 11 is 1.74. The molecule has 1 amide bonds. The van der Waals surface area contributed by atoms with Crippen LogP contribution >= 0.6 is 19.9 Å². The Morgan fingerprint density at radius 1 is 0.867 bits per heavy atom. The molecule has 1 aromatic carbocycles. The molecule has 2 unspecified atom stereocenters. The summed E-state index contributed by atoms with van der Waals surface area (Å²) < 4.78 is 23.8. The van der Waals surface area contributed by atoms with Gasteiger partial charge in [0.15, 0.2) is 12.2 Å². The summed E-state index contributed by atoms with van der Waals surface area (Å²) in [6.45, 7) is 7.96. The molecule has 0 aliphatic rings. The molecule has 2 N–H and O–H groups in total. The third-order valence-corrected chi connectivity index (χ3v) is 9.91. The maximum Gasteiger partial charge on any atom is 0.407 e. The van der Waals surface area contributed by atoms with Crippen molar-refractivity contribution in [2.45, 2.75) is 136 Å². The molecule has 2 aromatic rings. The van der Waals surface area contributed by atoms with Gasteiger partial charge in [-0.05, 0) is 37.6 Å². The number of aryl methyl sites for hydroxylation is 1. The Morgan fingerprint density at radius 2 is 1.42 bits per heavy atom. The van der Waals surface area contributed by atoms with Gasteiger partial charge in [-0.2, -0.15) is 4.57 Å². The molecule has 0 fully saturated rings. The third kappa shape index (κ3) is 18.8. The number of nitrogens with zero attached hydrogens (tertiary/aromatic N) is 1. The maximum absolute atomic E-state index is 12.1. The maximum atomic E-state index is 12.1. The summed E-state index contributed by atoms with van der Waals surface area (Å²) in [4.78, 5) is 23.6. The van der Waals surface area contributed by atoms with Gasteiger partial charge < -0.3 is 24.2 Å². The number of amides is 1. The summed E-state index contributed by atoms with van der Waals surface area (Å²) in [7, 11) is -0.634. The highest BCUT2D eigenvalue weighted by molar-refractivity contribution is 7.41. The molecule has 10 heteroatoms. The number of ether oxygens (including phenoxy) is 2. The van der Waals surface area contributed by atoms with E-state index in [0.29, 0.717) is 12.3 Å². The first-order chi connectivity index (χ1) is 21.9. The van der Waals surface area contributed by atoms with Gasteiger partial charge in [0.1, 0.15) is 18.5 Å². The van der Waals surface area contributed by atoms with Gasteiger partial charge in [-0.3, -0.25) is 4.52 Å². The molecule has 0 radical (unpaired) electrons. The zero-order chi connectivity index (χ0) is 32.5. The molecular weight excluding hydrogens is 607 g/mol. The number of carbonyl (C=O) groups excluding carboxylic acids is 1. The van der Waals surface area contributed by atoms with Gasteiger partial charge in [0, 0.05) is 26.1 Å². The normalized spacial score (nSPS) is 12.6. The molecule has 0 aliphatic heterocycles. The lowest BCUT2D eigenvalue weighted by molar-refractivity contribution is -0.689. The Kier molecular flexibility index (Phi) is 22.2. The number of thiazole rings is 1. The molecule has 0 saturated carbocycles.